The molecule has 4 atom stereocenters. The Morgan fingerprint density at radius 3 is 2.57 bits per heavy atom. The van der Waals surface area contributed by atoms with Crippen LogP contribution < -0.4 is 0 Å². The smallest absolute Gasteiger partial charge is 0.162 e. The molecule has 0 aromatic rings. The molecule has 1 saturated carbocycles. The van der Waals surface area contributed by atoms with Crippen molar-refractivity contribution in [1.82, 2.24) is 0 Å². The predicted octanol–water partition coefficient (Wildman–Crippen LogP) is 4.11. The average Bonchev–Trinajstić information content (AvgIpc) is 2.59. The van der Waals surface area contributed by atoms with Gasteiger partial charge in [0.25, 0.3) is 0 Å². The third kappa shape index (κ3) is 2.06. The fourth-order valence-corrected chi connectivity index (χ4v) is 4.87. The summed E-state index contributed by atoms with van der Waals surface area (Å²) in [5.41, 5.74) is 1.15. The molecule has 3 rings (SSSR count). The van der Waals surface area contributed by atoms with Crippen molar-refractivity contribution in [1.29, 1.82) is 0 Å². The van der Waals surface area contributed by atoms with E-state index in [1.54, 1.807) is 6.08 Å². The lowest BCUT2D eigenvalue weighted by Gasteiger charge is -2.51. The molecule has 21 heavy (non-hydrogen) atoms. The van der Waals surface area contributed by atoms with Gasteiger partial charge in [0.1, 0.15) is 0 Å². The standard InChI is InChI=1S/C19H26O2/c1-12(2)14-11-16(21)19(4)10-9-18(3)8-7-13(20)5-6-15(18)17(14)19/h7-8,11-12,15,17H,5-6,9-10H2,1-4H3/t15-,17-,18-,19-/m1/s1. The van der Waals surface area contributed by atoms with Gasteiger partial charge in [-0.1, -0.05) is 39.3 Å². The van der Waals surface area contributed by atoms with Crippen LogP contribution in [0.15, 0.2) is 23.8 Å². The van der Waals surface area contributed by atoms with Crippen molar-refractivity contribution in [3.05, 3.63) is 23.8 Å². The van der Waals surface area contributed by atoms with Crippen LogP contribution in [0, 0.1) is 28.6 Å². The Labute approximate surface area is 127 Å². The van der Waals surface area contributed by atoms with Gasteiger partial charge >= 0.3 is 0 Å². The van der Waals surface area contributed by atoms with Crippen molar-refractivity contribution in [3.63, 3.8) is 0 Å². The van der Waals surface area contributed by atoms with Crippen molar-refractivity contribution in [3.8, 4) is 0 Å². The Morgan fingerprint density at radius 2 is 1.90 bits per heavy atom. The first-order valence-electron chi connectivity index (χ1n) is 8.26. The summed E-state index contributed by atoms with van der Waals surface area (Å²) in [5.74, 6) is 1.70. The van der Waals surface area contributed by atoms with E-state index < -0.39 is 0 Å². The summed E-state index contributed by atoms with van der Waals surface area (Å²) in [6.07, 6.45) is 9.36. The van der Waals surface area contributed by atoms with Gasteiger partial charge in [-0.3, -0.25) is 9.59 Å². The highest BCUT2D eigenvalue weighted by atomic mass is 16.1. The predicted molar refractivity (Wildman–Crippen MR) is 83.7 cm³/mol. The monoisotopic (exact) mass is 286 g/mol. The zero-order chi connectivity index (χ0) is 15.4. The lowest BCUT2D eigenvalue weighted by atomic mass is 9.52. The van der Waals surface area contributed by atoms with E-state index in [1.807, 2.05) is 6.08 Å². The summed E-state index contributed by atoms with van der Waals surface area (Å²) in [5, 5.41) is 0. The SMILES string of the molecule is CC(C)C1=CC(=O)[C@@]2(C)CC[C@@]3(C)C=CC(=O)CC[C@@H]3[C@@H]12. The molecule has 0 heterocycles. The van der Waals surface area contributed by atoms with Gasteiger partial charge in [0.2, 0.25) is 0 Å². The van der Waals surface area contributed by atoms with Gasteiger partial charge in [-0.05, 0) is 54.6 Å². The Kier molecular flexibility index (Phi) is 3.27. The second-order valence-electron chi connectivity index (χ2n) is 8.01. The maximum atomic E-state index is 12.6. The second-order valence-corrected chi connectivity index (χ2v) is 8.01. The highest BCUT2D eigenvalue weighted by Gasteiger charge is 2.57. The number of hydrogen-bond donors (Lipinski definition) is 0. The van der Waals surface area contributed by atoms with Crippen molar-refractivity contribution in [2.75, 3.05) is 0 Å². The Bertz CT molecular complexity index is 554. The summed E-state index contributed by atoms with van der Waals surface area (Å²) < 4.78 is 0. The lowest BCUT2D eigenvalue weighted by molar-refractivity contribution is -0.129. The highest BCUT2D eigenvalue weighted by molar-refractivity contribution is 5.99. The fourth-order valence-electron chi connectivity index (χ4n) is 4.87. The molecule has 0 N–H and O–H groups in total. The van der Waals surface area contributed by atoms with E-state index >= 15 is 0 Å². The molecule has 0 saturated heterocycles. The van der Waals surface area contributed by atoms with E-state index in [-0.39, 0.29) is 16.6 Å². The van der Waals surface area contributed by atoms with E-state index in [1.165, 1.54) is 5.57 Å². The van der Waals surface area contributed by atoms with Gasteiger partial charge in [0.15, 0.2) is 11.6 Å². The molecule has 0 aliphatic heterocycles. The molecule has 1 fully saturated rings. The minimum Gasteiger partial charge on any atom is -0.295 e. The zero-order valence-electron chi connectivity index (χ0n) is 13.6. The van der Waals surface area contributed by atoms with Gasteiger partial charge < -0.3 is 0 Å². The molecule has 3 aliphatic rings. The summed E-state index contributed by atoms with van der Waals surface area (Å²) in [4.78, 5) is 24.5. The number of ketones is 2. The minimum absolute atomic E-state index is 0.0644. The molecule has 0 bridgehead atoms. The number of carbonyl (C=O) groups is 2. The summed E-state index contributed by atoms with van der Waals surface area (Å²) in [6.45, 7) is 8.82. The van der Waals surface area contributed by atoms with Crippen LogP contribution in [0.5, 0.6) is 0 Å². The fraction of sp³-hybridized carbons (Fsp3) is 0.684. The van der Waals surface area contributed by atoms with Crippen LogP contribution in [0.25, 0.3) is 0 Å². The van der Waals surface area contributed by atoms with Crippen LogP contribution in [0.3, 0.4) is 0 Å². The first-order valence-corrected chi connectivity index (χ1v) is 8.26. The first kappa shape index (κ1) is 14.7. The third-order valence-electron chi connectivity index (χ3n) is 6.36. The molecule has 0 unspecified atom stereocenters. The van der Waals surface area contributed by atoms with Gasteiger partial charge in [-0.2, -0.15) is 0 Å². The van der Waals surface area contributed by atoms with Gasteiger partial charge in [0, 0.05) is 11.8 Å². The van der Waals surface area contributed by atoms with Crippen molar-refractivity contribution >= 4 is 11.6 Å². The topological polar surface area (TPSA) is 34.1 Å². The normalized spacial score (nSPS) is 42.6. The van der Waals surface area contributed by atoms with Gasteiger partial charge in [0.05, 0.1) is 0 Å². The number of rotatable bonds is 1. The van der Waals surface area contributed by atoms with Crippen LogP contribution in [0.1, 0.15) is 53.4 Å². The molecule has 3 aliphatic carbocycles. The largest absolute Gasteiger partial charge is 0.295 e. The summed E-state index contributed by atoms with van der Waals surface area (Å²) >= 11 is 0. The average molecular weight is 286 g/mol. The van der Waals surface area contributed by atoms with E-state index in [9.17, 15) is 9.59 Å². The van der Waals surface area contributed by atoms with Crippen molar-refractivity contribution in [2.24, 2.45) is 28.6 Å². The van der Waals surface area contributed by atoms with Gasteiger partial charge in [-0.15, -0.1) is 0 Å². The van der Waals surface area contributed by atoms with E-state index in [2.05, 4.69) is 33.8 Å². The molecule has 0 amide bonds. The van der Waals surface area contributed by atoms with E-state index in [4.69, 9.17) is 0 Å². The minimum atomic E-state index is -0.231. The van der Waals surface area contributed by atoms with Crippen LogP contribution in [0.2, 0.25) is 0 Å². The Morgan fingerprint density at radius 1 is 1.19 bits per heavy atom. The van der Waals surface area contributed by atoms with Gasteiger partial charge in [-0.25, -0.2) is 0 Å². The molecule has 114 valence electrons. The van der Waals surface area contributed by atoms with E-state index in [0.29, 0.717) is 30.0 Å². The van der Waals surface area contributed by atoms with Crippen LogP contribution in [0.4, 0.5) is 0 Å². The lowest BCUT2D eigenvalue weighted by Crippen LogP contribution is -2.47. The van der Waals surface area contributed by atoms with Crippen molar-refractivity contribution < 1.29 is 9.59 Å². The quantitative estimate of drug-likeness (QED) is 0.727. The Hall–Kier alpha value is -1.18. The second kappa shape index (κ2) is 4.66. The summed E-state index contributed by atoms with van der Waals surface area (Å²) in [7, 11) is 0. The molecule has 0 radical (unpaired) electrons. The number of allylic oxidation sites excluding steroid dienone is 4. The van der Waals surface area contributed by atoms with Crippen LogP contribution >= 0.6 is 0 Å². The molecule has 0 aromatic heterocycles. The Balaban J connectivity index is 2.07. The maximum absolute atomic E-state index is 12.6. The molecule has 0 aromatic carbocycles. The number of carbonyl (C=O) groups excluding carboxylic acids is 2. The molecular formula is C19H26O2. The molecule has 2 heteroatoms. The van der Waals surface area contributed by atoms with Crippen LogP contribution in [-0.2, 0) is 9.59 Å². The first-order chi connectivity index (χ1) is 9.78. The number of hydrogen-bond acceptors (Lipinski definition) is 2. The highest BCUT2D eigenvalue weighted by Crippen LogP contribution is 2.61. The third-order valence-corrected chi connectivity index (χ3v) is 6.36. The molecule has 2 nitrogen and oxygen atoms in total. The molecular weight excluding hydrogens is 260 g/mol. The maximum Gasteiger partial charge on any atom is 0.162 e. The van der Waals surface area contributed by atoms with Crippen molar-refractivity contribution in [2.45, 2.75) is 53.4 Å². The number of fused-ring (bicyclic) bond motifs is 3. The zero-order valence-corrected chi connectivity index (χ0v) is 13.6. The molecule has 0 spiro atoms. The van der Waals surface area contributed by atoms with E-state index in [0.717, 1.165) is 19.3 Å². The summed E-state index contributed by atoms with van der Waals surface area (Å²) in [6, 6.07) is 0. The van der Waals surface area contributed by atoms with Crippen LogP contribution in [-0.4, -0.2) is 11.6 Å².